The Labute approximate surface area is 155 Å². The van der Waals surface area contributed by atoms with Gasteiger partial charge in [0.1, 0.15) is 5.82 Å². The molecular weight excluding hydrogens is 328 g/mol. The predicted molar refractivity (Wildman–Crippen MR) is 99.8 cm³/mol. The fraction of sp³-hybridized carbons (Fsp3) is 0.650. The lowest BCUT2D eigenvalue weighted by atomic mass is 9.94. The van der Waals surface area contributed by atoms with Gasteiger partial charge in [-0.2, -0.15) is 0 Å². The first kappa shape index (κ1) is 17.3. The summed E-state index contributed by atoms with van der Waals surface area (Å²) in [5.41, 5.74) is 1.02. The highest BCUT2D eigenvalue weighted by Gasteiger charge is 2.37. The summed E-state index contributed by atoms with van der Waals surface area (Å²) in [6.07, 6.45) is 3.74. The lowest BCUT2D eigenvalue weighted by Gasteiger charge is -2.39. The average molecular weight is 356 g/mol. The topological polar surface area (TPSA) is 56.8 Å². The summed E-state index contributed by atoms with van der Waals surface area (Å²) < 4.78 is 0. The second kappa shape index (κ2) is 7.25. The Balaban J connectivity index is 1.27. The van der Waals surface area contributed by atoms with Crippen molar-refractivity contribution in [3.05, 3.63) is 23.9 Å². The molecule has 140 valence electrons. The van der Waals surface area contributed by atoms with E-state index in [1.165, 1.54) is 0 Å². The number of rotatable bonds is 3. The molecule has 2 aliphatic heterocycles. The van der Waals surface area contributed by atoms with E-state index in [0.29, 0.717) is 5.91 Å². The van der Waals surface area contributed by atoms with Crippen molar-refractivity contribution in [2.75, 3.05) is 44.2 Å². The van der Waals surface area contributed by atoms with E-state index in [9.17, 15) is 9.59 Å². The van der Waals surface area contributed by atoms with E-state index in [1.807, 2.05) is 34.9 Å². The standard InChI is InChI=1S/C20H28N4O2/c1-15-3-2-4-18(21-15)22-11-13-24(14-12-22)20(26)17-7-9-23(10-8-17)19(25)16-5-6-16/h2-4,16-17H,5-14H2,1H3. The fourth-order valence-corrected chi connectivity index (χ4v) is 4.05. The Kier molecular flexibility index (Phi) is 4.83. The average Bonchev–Trinajstić information content (AvgIpc) is 3.52. The van der Waals surface area contributed by atoms with Gasteiger partial charge in [-0.05, 0) is 44.7 Å². The van der Waals surface area contributed by atoms with Gasteiger partial charge in [0.15, 0.2) is 0 Å². The maximum atomic E-state index is 12.9. The molecule has 2 amide bonds. The fourth-order valence-electron chi connectivity index (χ4n) is 4.05. The van der Waals surface area contributed by atoms with Crippen LogP contribution in [-0.2, 0) is 9.59 Å². The third-order valence-corrected chi connectivity index (χ3v) is 5.87. The van der Waals surface area contributed by atoms with Gasteiger partial charge in [-0.3, -0.25) is 9.59 Å². The quantitative estimate of drug-likeness (QED) is 0.827. The van der Waals surface area contributed by atoms with E-state index >= 15 is 0 Å². The van der Waals surface area contributed by atoms with Crippen molar-refractivity contribution in [3.8, 4) is 0 Å². The van der Waals surface area contributed by atoms with Gasteiger partial charge in [0.2, 0.25) is 11.8 Å². The zero-order chi connectivity index (χ0) is 18.1. The number of nitrogens with zero attached hydrogens (tertiary/aromatic N) is 4. The van der Waals surface area contributed by atoms with Crippen molar-refractivity contribution in [2.24, 2.45) is 11.8 Å². The largest absolute Gasteiger partial charge is 0.353 e. The van der Waals surface area contributed by atoms with E-state index in [-0.39, 0.29) is 17.7 Å². The zero-order valence-corrected chi connectivity index (χ0v) is 15.6. The number of carbonyl (C=O) groups is 2. The molecule has 0 radical (unpaired) electrons. The smallest absolute Gasteiger partial charge is 0.225 e. The predicted octanol–water partition coefficient (Wildman–Crippen LogP) is 1.69. The summed E-state index contributed by atoms with van der Waals surface area (Å²) in [5, 5.41) is 0. The number of piperazine rings is 1. The van der Waals surface area contributed by atoms with Crippen molar-refractivity contribution in [3.63, 3.8) is 0 Å². The molecule has 2 saturated heterocycles. The molecule has 0 aromatic carbocycles. The van der Waals surface area contributed by atoms with E-state index < -0.39 is 0 Å². The van der Waals surface area contributed by atoms with Crippen LogP contribution in [0.3, 0.4) is 0 Å². The van der Waals surface area contributed by atoms with E-state index in [1.54, 1.807) is 0 Å². The number of pyridine rings is 1. The Morgan fingerprint density at radius 2 is 1.42 bits per heavy atom. The molecule has 26 heavy (non-hydrogen) atoms. The maximum Gasteiger partial charge on any atom is 0.225 e. The summed E-state index contributed by atoms with van der Waals surface area (Å²) >= 11 is 0. The Bertz CT molecular complexity index is 672. The molecule has 3 aliphatic rings. The number of anilines is 1. The monoisotopic (exact) mass is 356 g/mol. The van der Waals surface area contributed by atoms with Crippen molar-refractivity contribution in [2.45, 2.75) is 32.6 Å². The first-order valence-electron chi connectivity index (χ1n) is 9.88. The van der Waals surface area contributed by atoms with Crippen LogP contribution >= 0.6 is 0 Å². The van der Waals surface area contributed by atoms with Gasteiger partial charge >= 0.3 is 0 Å². The molecular formula is C20H28N4O2. The molecule has 0 bridgehead atoms. The van der Waals surface area contributed by atoms with E-state index in [0.717, 1.165) is 76.5 Å². The van der Waals surface area contributed by atoms with Crippen molar-refractivity contribution in [1.82, 2.24) is 14.8 Å². The Morgan fingerprint density at radius 3 is 2.00 bits per heavy atom. The Morgan fingerprint density at radius 1 is 0.846 bits per heavy atom. The third-order valence-electron chi connectivity index (χ3n) is 5.87. The third kappa shape index (κ3) is 3.69. The van der Waals surface area contributed by atoms with Gasteiger partial charge in [-0.15, -0.1) is 0 Å². The summed E-state index contributed by atoms with van der Waals surface area (Å²) in [6.45, 7) is 6.69. The lowest BCUT2D eigenvalue weighted by molar-refractivity contribution is -0.141. The molecule has 6 nitrogen and oxygen atoms in total. The molecule has 4 rings (SSSR count). The minimum Gasteiger partial charge on any atom is -0.353 e. The number of likely N-dealkylation sites (tertiary alicyclic amines) is 1. The summed E-state index contributed by atoms with van der Waals surface area (Å²) in [5.74, 6) is 1.96. The van der Waals surface area contributed by atoms with Gasteiger partial charge in [0.05, 0.1) is 0 Å². The van der Waals surface area contributed by atoms with Crippen LogP contribution in [0.25, 0.3) is 0 Å². The molecule has 0 unspecified atom stereocenters. The molecule has 1 aromatic rings. The Hall–Kier alpha value is -2.11. The first-order valence-corrected chi connectivity index (χ1v) is 9.88. The highest BCUT2D eigenvalue weighted by atomic mass is 16.2. The highest BCUT2D eigenvalue weighted by molar-refractivity contribution is 5.82. The molecule has 3 heterocycles. The number of aryl methyl sites for hydroxylation is 1. The molecule has 1 saturated carbocycles. The SMILES string of the molecule is Cc1cccc(N2CCN(C(=O)C3CCN(C(=O)C4CC4)CC3)CC2)n1. The van der Waals surface area contributed by atoms with E-state index in [4.69, 9.17) is 0 Å². The van der Waals surface area contributed by atoms with Gasteiger partial charge in [0, 0.05) is 56.8 Å². The molecule has 3 fully saturated rings. The van der Waals surface area contributed by atoms with Gasteiger partial charge in [-0.25, -0.2) is 4.98 Å². The van der Waals surface area contributed by atoms with Crippen LogP contribution in [0.1, 0.15) is 31.4 Å². The summed E-state index contributed by atoms with van der Waals surface area (Å²) in [4.78, 5) is 35.8. The molecule has 0 N–H and O–H groups in total. The zero-order valence-electron chi connectivity index (χ0n) is 15.6. The normalized spacial score (nSPS) is 21.8. The minimum absolute atomic E-state index is 0.0851. The maximum absolute atomic E-state index is 12.9. The number of carbonyl (C=O) groups excluding carboxylic acids is 2. The molecule has 1 aliphatic carbocycles. The van der Waals surface area contributed by atoms with Crippen LogP contribution in [0, 0.1) is 18.8 Å². The highest BCUT2D eigenvalue weighted by Crippen LogP contribution is 2.32. The van der Waals surface area contributed by atoms with Crippen molar-refractivity contribution < 1.29 is 9.59 Å². The van der Waals surface area contributed by atoms with Crippen molar-refractivity contribution in [1.29, 1.82) is 0 Å². The number of hydrogen-bond acceptors (Lipinski definition) is 4. The first-order chi connectivity index (χ1) is 12.6. The van der Waals surface area contributed by atoms with Crippen LogP contribution in [0.2, 0.25) is 0 Å². The number of aromatic nitrogens is 1. The molecule has 1 aromatic heterocycles. The molecule has 0 atom stereocenters. The van der Waals surface area contributed by atoms with Gasteiger partial charge in [0.25, 0.3) is 0 Å². The van der Waals surface area contributed by atoms with Crippen molar-refractivity contribution >= 4 is 17.6 Å². The van der Waals surface area contributed by atoms with E-state index in [2.05, 4.69) is 9.88 Å². The summed E-state index contributed by atoms with van der Waals surface area (Å²) in [6, 6.07) is 6.08. The van der Waals surface area contributed by atoms with Crippen LogP contribution in [0.4, 0.5) is 5.82 Å². The lowest BCUT2D eigenvalue weighted by Crippen LogP contribution is -2.52. The second-order valence-electron chi connectivity index (χ2n) is 7.82. The second-order valence-corrected chi connectivity index (χ2v) is 7.82. The van der Waals surface area contributed by atoms with Crippen LogP contribution in [0.5, 0.6) is 0 Å². The number of amides is 2. The number of piperidine rings is 1. The van der Waals surface area contributed by atoms with Crippen LogP contribution in [-0.4, -0.2) is 65.9 Å². The number of hydrogen-bond donors (Lipinski definition) is 0. The van der Waals surface area contributed by atoms with Crippen LogP contribution in [0.15, 0.2) is 18.2 Å². The minimum atomic E-state index is 0.0851. The van der Waals surface area contributed by atoms with Crippen LogP contribution < -0.4 is 4.90 Å². The molecule has 6 heteroatoms. The van der Waals surface area contributed by atoms with Gasteiger partial charge < -0.3 is 14.7 Å². The summed E-state index contributed by atoms with van der Waals surface area (Å²) in [7, 11) is 0. The van der Waals surface area contributed by atoms with Gasteiger partial charge in [-0.1, -0.05) is 6.07 Å². The molecule has 0 spiro atoms.